The maximum atomic E-state index is 10.1. The Hall–Kier alpha value is -1.36. The van der Waals surface area contributed by atoms with Crippen molar-refractivity contribution in [3.05, 3.63) is 52.1 Å². The van der Waals surface area contributed by atoms with Gasteiger partial charge in [-0.25, -0.2) is 0 Å². The fourth-order valence-corrected chi connectivity index (χ4v) is 1.78. The first-order valence-corrected chi connectivity index (χ1v) is 5.84. The van der Waals surface area contributed by atoms with E-state index in [1.165, 1.54) is 3.57 Å². The van der Waals surface area contributed by atoms with Crippen LogP contribution in [0.15, 0.2) is 48.5 Å². The second kappa shape index (κ2) is 5.12. The molecule has 16 heavy (non-hydrogen) atoms. The zero-order valence-electron chi connectivity index (χ0n) is 8.39. The third-order valence-corrected chi connectivity index (χ3v) is 2.94. The van der Waals surface area contributed by atoms with Gasteiger partial charge in [0, 0.05) is 3.57 Å². The fourth-order valence-electron chi connectivity index (χ4n) is 1.42. The molecule has 0 aliphatic carbocycles. The van der Waals surface area contributed by atoms with Gasteiger partial charge in [-0.15, -0.1) is 0 Å². The van der Waals surface area contributed by atoms with Crippen LogP contribution >= 0.6 is 22.6 Å². The van der Waals surface area contributed by atoms with Crippen molar-refractivity contribution in [2.75, 3.05) is 0 Å². The van der Waals surface area contributed by atoms with E-state index in [2.05, 4.69) is 46.9 Å². The number of ether oxygens (including phenoxy) is 1. The smallest absolute Gasteiger partial charge is 0.298 e. The lowest BCUT2D eigenvalue weighted by Gasteiger charge is -2.03. The Balaban J connectivity index is 2.27. The van der Waals surface area contributed by atoms with Gasteiger partial charge in [-0.3, -0.25) is 4.79 Å². The monoisotopic (exact) mass is 324 g/mol. The van der Waals surface area contributed by atoms with Gasteiger partial charge in [-0.2, -0.15) is 0 Å². The third-order valence-electron chi connectivity index (χ3n) is 2.22. The molecule has 0 fully saturated rings. The van der Waals surface area contributed by atoms with Crippen molar-refractivity contribution >= 4 is 29.1 Å². The van der Waals surface area contributed by atoms with Crippen LogP contribution in [0.3, 0.4) is 0 Å². The molecular weight excluding hydrogens is 315 g/mol. The molecule has 0 atom stereocenters. The summed E-state index contributed by atoms with van der Waals surface area (Å²) >= 11 is 2.27. The molecule has 0 saturated carbocycles. The summed E-state index contributed by atoms with van der Waals surface area (Å²) in [6.45, 7) is 0.430. The van der Waals surface area contributed by atoms with E-state index in [4.69, 9.17) is 4.74 Å². The van der Waals surface area contributed by atoms with Crippen LogP contribution in [0, 0.1) is 3.57 Å². The van der Waals surface area contributed by atoms with Crippen LogP contribution in [0.5, 0.6) is 5.75 Å². The maximum absolute atomic E-state index is 10.1. The van der Waals surface area contributed by atoms with E-state index in [-0.39, 0.29) is 0 Å². The molecule has 0 aromatic heterocycles. The average Bonchev–Trinajstić information content (AvgIpc) is 2.32. The Bertz CT molecular complexity index is 474. The van der Waals surface area contributed by atoms with Crippen LogP contribution in [0.1, 0.15) is 0 Å². The number of carbonyl (C=O) groups is 1. The van der Waals surface area contributed by atoms with E-state index in [1.54, 1.807) is 12.1 Å². The number of hydrogen-bond donors (Lipinski definition) is 0. The van der Waals surface area contributed by atoms with Crippen molar-refractivity contribution in [2.24, 2.45) is 0 Å². The molecule has 0 amide bonds. The van der Waals surface area contributed by atoms with Crippen LogP contribution in [-0.4, -0.2) is 6.47 Å². The van der Waals surface area contributed by atoms with Crippen LogP contribution in [0.2, 0.25) is 0 Å². The molecule has 2 rings (SSSR count). The first-order chi connectivity index (χ1) is 7.79. The molecule has 0 N–H and O–H groups in total. The Morgan fingerprint density at radius 3 is 1.88 bits per heavy atom. The van der Waals surface area contributed by atoms with E-state index in [0.29, 0.717) is 12.2 Å². The predicted octanol–water partition coefficient (Wildman–Crippen LogP) is 3.49. The van der Waals surface area contributed by atoms with Gasteiger partial charge in [-0.05, 0) is 58.0 Å². The predicted molar refractivity (Wildman–Crippen MR) is 71.3 cm³/mol. The van der Waals surface area contributed by atoms with E-state index in [1.807, 2.05) is 12.1 Å². The minimum absolute atomic E-state index is 0.430. The highest BCUT2D eigenvalue weighted by Gasteiger charge is 1.98. The Morgan fingerprint density at radius 2 is 1.38 bits per heavy atom. The fraction of sp³-hybridized carbons (Fsp3) is 0. The molecule has 0 bridgehead atoms. The molecule has 0 saturated heterocycles. The van der Waals surface area contributed by atoms with Gasteiger partial charge in [-0.1, -0.05) is 24.3 Å². The lowest BCUT2D eigenvalue weighted by Crippen LogP contribution is -1.87. The molecule has 0 heterocycles. The van der Waals surface area contributed by atoms with Gasteiger partial charge in [0.05, 0.1) is 0 Å². The highest BCUT2D eigenvalue weighted by atomic mass is 127. The SMILES string of the molecule is O=COc1ccc(-c2ccc(I)cc2)cc1. The minimum atomic E-state index is 0.430. The largest absolute Gasteiger partial charge is 0.429 e. The first kappa shape index (κ1) is 11.1. The molecule has 2 aromatic carbocycles. The molecule has 2 aromatic rings. The van der Waals surface area contributed by atoms with E-state index in [9.17, 15) is 4.79 Å². The summed E-state index contributed by atoms with van der Waals surface area (Å²) < 4.78 is 5.94. The zero-order valence-corrected chi connectivity index (χ0v) is 10.5. The van der Waals surface area contributed by atoms with Crippen molar-refractivity contribution in [3.8, 4) is 16.9 Å². The van der Waals surface area contributed by atoms with Crippen LogP contribution < -0.4 is 4.74 Å². The minimum Gasteiger partial charge on any atom is -0.429 e. The lowest BCUT2D eigenvalue weighted by molar-refractivity contribution is -0.120. The van der Waals surface area contributed by atoms with Crippen molar-refractivity contribution in [1.82, 2.24) is 0 Å². The van der Waals surface area contributed by atoms with Gasteiger partial charge in [0.15, 0.2) is 0 Å². The highest BCUT2D eigenvalue weighted by molar-refractivity contribution is 14.1. The zero-order chi connectivity index (χ0) is 11.4. The summed E-state index contributed by atoms with van der Waals surface area (Å²) in [5, 5.41) is 0. The summed E-state index contributed by atoms with van der Waals surface area (Å²) in [6.07, 6.45) is 0. The van der Waals surface area contributed by atoms with E-state index >= 15 is 0 Å². The summed E-state index contributed by atoms with van der Waals surface area (Å²) in [5.74, 6) is 0.560. The molecular formula is C13H9IO2. The quantitative estimate of drug-likeness (QED) is 0.638. The number of halogens is 1. The Kier molecular flexibility index (Phi) is 3.56. The van der Waals surface area contributed by atoms with Gasteiger partial charge in [0.25, 0.3) is 6.47 Å². The molecule has 2 nitrogen and oxygen atoms in total. The Labute approximate surface area is 107 Å². The topological polar surface area (TPSA) is 26.3 Å². The van der Waals surface area contributed by atoms with Gasteiger partial charge >= 0.3 is 0 Å². The maximum Gasteiger partial charge on any atom is 0.298 e. The number of carbonyl (C=O) groups excluding carboxylic acids is 1. The normalized spacial score (nSPS) is 9.81. The van der Waals surface area contributed by atoms with Crippen molar-refractivity contribution < 1.29 is 9.53 Å². The van der Waals surface area contributed by atoms with Crippen molar-refractivity contribution in [1.29, 1.82) is 0 Å². The highest BCUT2D eigenvalue weighted by Crippen LogP contribution is 2.22. The molecule has 0 radical (unpaired) electrons. The summed E-state index contributed by atoms with van der Waals surface area (Å²) in [4.78, 5) is 10.1. The van der Waals surface area contributed by atoms with Gasteiger partial charge in [0.2, 0.25) is 0 Å². The number of benzene rings is 2. The molecule has 3 heteroatoms. The van der Waals surface area contributed by atoms with E-state index in [0.717, 1.165) is 11.1 Å². The third kappa shape index (κ3) is 2.61. The summed E-state index contributed by atoms with van der Waals surface area (Å²) in [7, 11) is 0. The van der Waals surface area contributed by atoms with Gasteiger partial charge < -0.3 is 4.74 Å². The second-order valence-corrected chi connectivity index (χ2v) is 4.49. The average molecular weight is 324 g/mol. The lowest BCUT2D eigenvalue weighted by atomic mass is 10.1. The molecule has 80 valence electrons. The molecule has 0 aliphatic rings. The number of rotatable bonds is 3. The molecule has 0 spiro atoms. The molecule has 0 aliphatic heterocycles. The van der Waals surface area contributed by atoms with Crippen molar-refractivity contribution in [2.45, 2.75) is 0 Å². The van der Waals surface area contributed by atoms with Gasteiger partial charge in [0.1, 0.15) is 5.75 Å². The second-order valence-electron chi connectivity index (χ2n) is 3.25. The first-order valence-electron chi connectivity index (χ1n) is 4.76. The van der Waals surface area contributed by atoms with E-state index < -0.39 is 0 Å². The van der Waals surface area contributed by atoms with Crippen LogP contribution in [-0.2, 0) is 4.79 Å². The number of hydrogen-bond acceptors (Lipinski definition) is 2. The summed E-state index contributed by atoms with van der Waals surface area (Å²) in [6, 6.07) is 15.7. The Morgan fingerprint density at radius 1 is 0.875 bits per heavy atom. The van der Waals surface area contributed by atoms with Crippen LogP contribution in [0.4, 0.5) is 0 Å². The molecule has 0 unspecified atom stereocenters. The van der Waals surface area contributed by atoms with Crippen LogP contribution in [0.25, 0.3) is 11.1 Å². The summed E-state index contributed by atoms with van der Waals surface area (Å²) in [5.41, 5.74) is 2.26. The van der Waals surface area contributed by atoms with Crippen molar-refractivity contribution in [3.63, 3.8) is 0 Å². The standard InChI is InChI=1S/C13H9IO2/c14-12-5-1-10(2-6-12)11-3-7-13(8-4-11)16-9-15/h1-9H.